The Labute approximate surface area is 124 Å². The molecule has 0 saturated carbocycles. The summed E-state index contributed by atoms with van der Waals surface area (Å²) in [6, 6.07) is 2.10. The summed E-state index contributed by atoms with van der Waals surface area (Å²) in [6.45, 7) is 0.322. The summed E-state index contributed by atoms with van der Waals surface area (Å²) >= 11 is 0. The molecule has 1 aliphatic rings. The zero-order valence-corrected chi connectivity index (χ0v) is 13.1. The zero-order chi connectivity index (χ0) is 15.6. The molecule has 0 unspecified atom stereocenters. The predicted molar refractivity (Wildman–Crippen MR) is 75.8 cm³/mol. The van der Waals surface area contributed by atoms with Gasteiger partial charge in [-0.05, 0) is 24.7 Å². The average molecular weight is 338 g/mol. The Morgan fingerprint density at radius 2 is 1.90 bits per heavy atom. The Morgan fingerprint density at radius 3 is 2.48 bits per heavy atom. The largest absolute Gasteiger partial charge is 0.316 e. The second-order valence-corrected chi connectivity index (χ2v) is 8.27. The Bertz CT molecular complexity index is 655. The van der Waals surface area contributed by atoms with Gasteiger partial charge in [-0.1, -0.05) is 0 Å². The lowest BCUT2D eigenvalue weighted by Crippen LogP contribution is -2.42. The quantitative estimate of drug-likeness (QED) is 0.865. The highest BCUT2D eigenvalue weighted by Gasteiger charge is 2.31. The van der Waals surface area contributed by atoms with Crippen molar-refractivity contribution in [2.24, 2.45) is 0 Å². The molecule has 9 heteroatoms. The Hall–Kier alpha value is -0.900. The molecule has 0 aromatic heterocycles. The van der Waals surface area contributed by atoms with Gasteiger partial charge in [-0.2, -0.15) is 4.31 Å². The van der Waals surface area contributed by atoms with Crippen molar-refractivity contribution in [3.63, 3.8) is 0 Å². The van der Waals surface area contributed by atoms with Crippen molar-refractivity contribution in [2.75, 3.05) is 31.6 Å². The van der Waals surface area contributed by atoms with Crippen molar-refractivity contribution in [3.8, 4) is 0 Å². The van der Waals surface area contributed by atoms with Crippen LogP contribution < -0.4 is 5.32 Å². The Morgan fingerprint density at radius 1 is 1.29 bits per heavy atom. The molecule has 0 amide bonds. The SMILES string of the molecule is CNCc1cc(F)c(F)c(S(=O)(=O)N2CCS(=O)CC2)c1. The van der Waals surface area contributed by atoms with Gasteiger partial charge in [0.25, 0.3) is 0 Å². The van der Waals surface area contributed by atoms with E-state index < -0.39 is 37.4 Å². The van der Waals surface area contributed by atoms with Crippen LogP contribution in [0.5, 0.6) is 0 Å². The van der Waals surface area contributed by atoms with E-state index in [1.165, 1.54) is 0 Å². The molecule has 1 aromatic rings. The highest BCUT2D eigenvalue weighted by atomic mass is 32.2. The highest BCUT2D eigenvalue weighted by Crippen LogP contribution is 2.24. The van der Waals surface area contributed by atoms with Crippen LogP contribution in [0.3, 0.4) is 0 Å². The van der Waals surface area contributed by atoms with Crippen LogP contribution in [0.4, 0.5) is 8.78 Å². The van der Waals surface area contributed by atoms with E-state index in [4.69, 9.17) is 0 Å². The van der Waals surface area contributed by atoms with Crippen LogP contribution in [0.2, 0.25) is 0 Å². The molecule has 0 spiro atoms. The molecule has 2 rings (SSSR count). The molecule has 5 nitrogen and oxygen atoms in total. The fraction of sp³-hybridized carbons (Fsp3) is 0.500. The minimum atomic E-state index is -4.12. The van der Waals surface area contributed by atoms with Crippen LogP contribution in [-0.4, -0.2) is 48.6 Å². The molecule has 1 heterocycles. The first-order valence-electron chi connectivity index (χ1n) is 6.34. The maximum atomic E-state index is 13.9. The second kappa shape index (κ2) is 6.47. The third-order valence-corrected chi connectivity index (χ3v) is 6.36. The number of rotatable bonds is 4. The predicted octanol–water partition coefficient (Wildman–Crippen LogP) is 0.437. The summed E-state index contributed by atoms with van der Waals surface area (Å²) in [5.74, 6) is -2.15. The van der Waals surface area contributed by atoms with Gasteiger partial charge in [0.1, 0.15) is 4.90 Å². The van der Waals surface area contributed by atoms with Crippen LogP contribution in [0.25, 0.3) is 0 Å². The molecular weight excluding hydrogens is 322 g/mol. The van der Waals surface area contributed by atoms with E-state index in [1.54, 1.807) is 7.05 Å². The van der Waals surface area contributed by atoms with Gasteiger partial charge in [-0.25, -0.2) is 17.2 Å². The van der Waals surface area contributed by atoms with Crippen LogP contribution in [-0.2, 0) is 27.4 Å². The van der Waals surface area contributed by atoms with Crippen LogP contribution in [0, 0.1) is 11.6 Å². The van der Waals surface area contributed by atoms with E-state index >= 15 is 0 Å². The van der Waals surface area contributed by atoms with E-state index in [0.717, 1.165) is 16.4 Å². The van der Waals surface area contributed by atoms with Gasteiger partial charge in [-0.3, -0.25) is 4.21 Å². The number of nitrogens with zero attached hydrogens (tertiary/aromatic N) is 1. The summed E-state index contributed by atoms with van der Waals surface area (Å²) in [5, 5.41) is 2.76. The first-order valence-corrected chi connectivity index (χ1v) is 9.26. The van der Waals surface area contributed by atoms with E-state index in [0.29, 0.717) is 5.56 Å². The molecule has 21 heavy (non-hydrogen) atoms. The molecule has 0 bridgehead atoms. The molecule has 0 aliphatic carbocycles. The van der Waals surface area contributed by atoms with Gasteiger partial charge in [0.15, 0.2) is 11.6 Å². The van der Waals surface area contributed by atoms with E-state index in [2.05, 4.69) is 5.32 Å². The molecular formula is C12H16F2N2O3S2. The lowest BCUT2D eigenvalue weighted by molar-refractivity contribution is 0.426. The summed E-state index contributed by atoms with van der Waals surface area (Å²) < 4.78 is 64.7. The summed E-state index contributed by atoms with van der Waals surface area (Å²) in [5.41, 5.74) is 0.343. The third kappa shape index (κ3) is 3.47. The van der Waals surface area contributed by atoms with Crippen molar-refractivity contribution in [1.82, 2.24) is 9.62 Å². The number of hydrogen-bond acceptors (Lipinski definition) is 4. The maximum absolute atomic E-state index is 13.9. The molecule has 0 atom stereocenters. The summed E-state index contributed by atoms with van der Waals surface area (Å²) in [6.07, 6.45) is 0. The molecule has 1 N–H and O–H groups in total. The van der Waals surface area contributed by atoms with Crippen LogP contribution >= 0.6 is 0 Å². The summed E-state index contributed by atoms with van der Waals surface area (Å²) in [4.78, 5) is -0.666. The molecule has 1 aromatic carbocycles. The topological polar surface area (TPSA) is 66.5 Å². The van der Waals surface area contributed by atoms with Gasteiger partial charge in [0, 0.05) is 41.9 Å². The van der Waals surface area contributed by atoms with E-state index in [1.807, 2.05) is 0 Å². The molecule has 1 aliphatic heterocycles. The molecule has 1 fully saturated rings. The van der Waals surface area contributed by atoms with Crippen LogP contribution in [0.1, 0.15) is 5.56 Å². The number of sulfonamides is 1. The number of nitrogens with one attached hydrogen (secondary N) is 1. The lowest BCUT2D eigenvalue weighted by Gasteiger charge is -2.26. The average Bonchev–Trinajstić information content (AvgIpc) is 2.43. The molecule has 1 saturated heterocycles. The minimum absolute atomic E-state index is 0.0479. The zero-order valence-electron chi connectivity index (χ0n) is 11.4. The Balaban J connectivity index is 2.41. The van der Waals surface area contributed by atoms with Gasteiger partial charge in [0.05, 0.1) is 0 Å². The Kier molecular flexibility index (Phi) is 5.07. The normalized spacial score (nSPS) is 18.0. The van der Waals surface area contributed by atoms with E-state index in [-0.39, 0.29) is 31.1 Å². The lowest BCUT2D eigenvalue weighted by atomic mass is 10.2. The monoisotopic (exact) mass is 338 g/mol. The third-order valence-electron chi connectivity index (χ3n) is 3.19. The first kappa shape index (κ1) is 16.5. The standard InChI is InChI=1S/C12H16F2N2O3S2/c1-15-8-9-6-10(13)12(14)11(7-9)21(18,19)16-2-4-20(17)5-3-16/h6-7,15H,2-5,8H2,1H3. The van der Waals surface area contributed by atoms with Gasteiger partial charge < -0.3 is 5.32 Å². The van der Waals surface area contributed by atoms with Gasteiger partial charge >= 0.3 is 0 Å². The summed E-state index contributed by atoms with van der Waals surface area (Å²) in [7, 11) is -3.56. The minimum Gasteiger partial charge on any atom is -0.316 e. The van der Waals surface area contributed by atoms with Crippen molar-refractivity contribution >= 4 is 20.8 Å². The van der Waals surface area contributed by atoms with Gasteiger partial charge in [0.2, 0.25) is 10.0 Å². The fourth-order valence-electron chi connectivity index (χ4n) is 2.11. The fourth-order valence-corrected chi connectivity index (χ4v) is 4.96. The van der Waals surface area contributed by atoms with Gasteiger partial charge in [-0.15, -0.1) is 0 Å². The van der Waals surface area contributed by atoms with Crippen molar-refractivity contribution in [1.29, 1.82) is 0 Å². The number of hydrogen-bond donors (Lipinski definition) is 1. The van der Waals surface area contributed by atoms with Crippen LogP contribution in [0.15, 0.2) is 17.0 Å². The molecule has 0 radical (unpaired) electrons. The van der Waals surface area contributed by atoms with Crippen molar-refractivity contribution < 1.29 is 21.4 Å². The molecule has 118 valence electrons. The number of halogens is 2. The maximum Gasteiger partial charge on any atom is 0.246 e. The smallest absolute Gasteiger partial charge is 0.246 e. The first-order chi connectivity index (χ1) is 9.86. The van der Waals surface area contributed by atoms with Crippen molar-refractivity contribution in [3.05, 3.63) is 29.3 Å². The van der Waals surface area contributed by atoms with E-state index in [9.17, 15) is 21.4 Å². The highest BCUT2D eigenvalue weighted by molar-refractivity contribution is 7.89. The second-order valence-electron chi connectivity index (χ2n) is 4.67. The van der Waals surface area contributed by atoms with Crippen molar-refractivity contribution in [2.45, 2.75) is 11.4 Å². The number of benzene rings is 1.